The van der Waals surface area contributed by atoms with E-state index in [4.69, 9.17) is 16.6 Å². The van der Waals surface area contributed by atoms with E-state index in [1.54, 1.807) is 0 Å². The number of benzene rings is 1. The summed E-state index contributed by atoms with van der Waals surface area (Å²) in [6.07, 6.45) is 0. The van der Waals surface area contributed by atoms with Crippen molar-refractivity contribution >= 4 is 23.4 Å². The molecule has 0 unspecified atom stereocenters. The number of carbonyl (C=O) groups excluding carboxylic acids is 1. The number of hydrogen-bond donors (Lipinski definition) is 4. The molecule has 0 aromatic heterocycles. The zero-order valence-electron chi connectivity index (χ0n) is 7.15. The van der Waals surface area contributed by atoms with E-state index in [2.05, 4.69) is 5.32 Å². The van der Waals surface area contributed by atoms with E-state index < -0.39 is 12.0 Å². The Morgan fingerprint density at radius 3 is 2.50 bits per heavy atom. The van der Waals surface area contributed by atoms with Crippen molar-refractivity contribution in [3.05, 3.63) is 23.8 Å². The first-order valence-electron chi connectivity index (χ1n) is 3.70. The van der Waals surface area contributed by atoms with Gasteiger partial charge in [-0.05, 0) is 12.1 Å². The van der Waals surface area contributed by atoms with Gasteiger partial charge in [-0.15, -0.1) is 0 Å². The smallest absolute Gasteiger partial charge is 0.337 e. The van der Waals surface area contributed by atoms with Gasteiger partial charge in [-0.1, -0.05) is 6.07 Å². The molecule has 0 saturated carbocycles. The lowest BCUT2D eigenvalue weighted by Crippen LogP contribution is -2.22. The van der Waals surface area contributed by atoms with Crippen LogP contribution >= 0.6 is 0 Å². The fourth-order valence-corrected chi connectivity index (χ4v) is 1.01. The number of hydrogen-bond acceptors (Lipinski definition) is 3. The van der Waals surface area contributed by atoms with Crippen LogP contribution in [-0.4, -0.2) is 17.1 Å². The summed E-state index contributed by atoms with van der Waals surface area (Å²) in [6, 6.07) is 3.41. The van der Waals surface area contributed by atoms with Crippen LogP contribution < -0.4 is 16.8 Å². The molecule has 1 aromatic rings. The molecule has 0 saturated heterocycles. The van der Waals surface area contributed by atoms with Crippen LogP contribution in [0.3, 0.4) is 0 Å². The largest absolute Gasteiger partial charge is 0.478 e. The highest BCUT2D eigenvalue weighted by molar-refractivity contribution is 6.03. The van der Waals surface area contributed by atoms with E-state index in [0.717, 1.165) is 0 Å². The molecule has 14 heavy (non-hydrogen) atoms. The van der Waals surface area contributed by atoms with E-state index in [1.807, 2.05) is 0 Å². The van der Waals surface area contributed by atoms with Gasteiger partial charge < -0.3 is 21.9 Å². The lowest BCUT2D eigenvalue weighted by molar-refractivity contribution is 0.0698. The first kappa shape index (κ1) is 9.85. The number of primary amides is 1. The molecule has 6 N–H and O–H groups in total. The van der Waals surface area contributed by atoms with Gasteiger partial charge in [-0.2, -0.15) is 0 Å². The van der Waals surface area contributed by atoms with Crippen molar-refractivity contribution in [2.24, 2.45) is 5.73 Å². The maximum atomic E-state index is 10.7. The van der Waals surface area contributed by atoms with Crippen LogP contribution in [0.2, 0.25) is 0 Å². The third-order valence-electron chi connectivity index (χ3n) is 1.58. The van der Waals surface area contributed by atoms with Crippen molar-refractivity contribution in [1.82, 2.24) is 0 Å². The van der Waals surface area contributed by atoms with E-state index in [9.17, 15) is 9.59 Å². The van der Waals surface area contributed by atoms with Crippen molar-refractivity contribution in [2.45, 2.75) is 0 Å². The van der Waals surface area contributed by atoms with E-state index in [0.29, 0.717) is 0 Å². The number of carbonyl (C=O) groups is 2. The van der Waals surface area contributed by atoms with Crippen molar-refractivity contribution < 1.29 is 14.7 Å². The summed E-state index contributed by atoms with van der Waals surface area (Å²) in [4.78, 5) is 21.3. The summed E-state index contributed by atoms with van der Waals surface area (Å²) in [5, 5.41) is 10.9. The van der Waals surface area contributed by atoms with Gasteiger partial charge in [-0.3, -0.25) is 0 Å². The van der Waals surface area contributed by atoms with Gasteiger partial charge in [0.15, 0.2) is 0 Å². The summed E-state index contributed by atoms with van der Waals surface area (Å²) >= 11 is 0. The van der Waals surface area contributed by atoms with Gasteiger partial charge in [0.25, 0.3) is 0 Å². The van der Waals surface area contributed by atoms with Crippen LogP contribution in [0.4, 0.5) is 16.2 Å². The Labute approximate surface area is 79.5 Å². The molecule has 0 fully saturated rings. The Morgan fingerprint density at radius 2 is 2.00 bits per heavy atom. The summed E-state index contributed by atoms with van der Waals surface area (Å²) in [6.45, 7) is 0. The molecule has 1 aromatic carbocycles. The highest BCUT2D eigenvalue weighted by Crippen LogP contribution is 2.22. The molecule has 6 heteroatoms. The molecule has 0 bridgehead atoms. The molecule has 0 aliphatic carbocycles. The molecule has 74 valence electrons. The standard InChI is InChI=1S/C8H9N3O3/c9-5-3-1-2-4(7(12)13)6(5)11-8(10)14/h1-3H,9H2,(H,12,13)(H3,10,11,14). The van der Waals surface area contributed by atoms with E-state index >= 15 is 0 Å². The third-order valence-corrected chi connectivity index (χ3v) is 1.58. The molecule has 2 amide bonds. The highest BCUT2D eigenvalue weighted by atomic mass is 16.4. The first-order valence-corrected chi connectivity index (χ1v) is 3.70. The number of amides is 2. The van der Waals surface area contributed by atoms with Crippen LogP contribution in [-0.2, 0) is 0 Å². The first-order chi connectivity index (χ1) is 6.52. The van der Waals surface area contributed by atoms with Crippen LogP contribution in [0, 0.1) is 0 Å². The number of rotatable bonds is 2. The molecular formula is C8H9N3O3. The molecular weight excluding hydrogens is 186 g/mol. The monoisotopic (exact) mass is 195 g/mol. The molecule has 0 radical (unpaired) electrons. The molecule has 0 spiro atoms. The fraction of sp³-hybridized carbons (Fsp3) is 0. The van der Waals surface area contributed by atoms with Crippen LogP contribution in [0.15, 0.2) is 18.2 Å². The highest BCUT2D eigenvalue weighted by Gasteiger charge is 2.13. The number of carboxylic acid groups (broad SMARTS) is 1. The second-order valence-electron chi connectivity index (χ2n) is 2.56. The van der Waals surface area contributed by atoms with Crippen LogP contribution in [0.5, 0.6) is 0 Å². The number of para-hydroxylation sites is 1. The van der Waals surface area contributed by atoms with E-state index in [1.165, 1.54) is 18.2 Å². The molecule has 1 rings (SSSR count). The van der Waals surface area contributed by atoms with Crippen molar-refractivity contribution in [1.29, 1.82) is 0 Å². The third kappa shape index (κ3) is 1.92. The molecule has 0 aliphatic rings. The Kier molecular flexibility index (Phi) is 2.57. The van der Waals surface area contributed by atoms with Gasteiger partial charge in [-0.25, -0.2) is 9.59 Å². The van der Waals surface area contributed by atoms with Crippen molar-refractivity contribution in [2.75, 3.05) is 11.1 Å². The Hall–Kier alpha value is -2.24. The number of nitrogen functional groups attached to an aromatic ring is 1. The number of nitrogens with one attached hydrogen (secondary N) is 1. The van der Waals surface area contributed by atoms with Gasteiger partial charge >= 0.3 is 12.0 Å². The van der Waals surface area contributed by atoms with Crippen molar-refractivity contribution in [3.63, 3.8) is 0 Å². The maximum absolute atomic E-state index is 10.7. The van der Waals surface area contributed by atoms with Crippen LogP contribution in [0.1, 0.15) is 10.4 Å². The Bertz CT molecular complexity index is 389. The lowest BCUT2D eigenvalue weighted by atomic mass is 10.1. The number of urea groups is 1. The minimum Gasteiger partial charge on any atom is -0.478 e. The summed E-state index contributed by atoms with van der Waals surface area (Å²) in [7, 11) is 0. The second kappa shape index (κ2) is 3.65. The normalized spacial score (nSPS) is 9.43. The predicted octanol–water partition coefficient (Wildman–Crippen LogP) is 0.458. The summed E-state index contributed by atoms with van der Waals surface area (Å²) in [5.41, 5.74) is 10.4. The van der Waals surface area contributed by atoms with E-state index in [-0.39, 0.29) is 16.9 Å². The Balaban J connectivity index is 3.22. The summed E-state index contributed by atoms with van der Waals surface area (Å²) in [5.74, 6) is -1.18. The predicted molar refractivity (Wildman–Crippen MR) is 51.0 cm³/mol. The topological polar surface area (TPSA) is 118 Å². The summed E-state index contributed by atoms with van der Waals surface area (Å²) < 4.78 is 0. The minimum atomic E-state index is -1.18. The maximum Gasteiger partial charge on any atom is 0.337 e. The van der Waals surface area contributed by atoms with Gasteiger partial charge in [0.1, 0.15) is 0 Å². The van der Waals surface area contributed by atoms with Gasteiger partial charge in [0, 0.05) is 0 Å². The quantitative estimate of drug-likeness (QED) is 0.512. The SMILES string of the molecule is NC(=O)Nc1c(N)cccc1C(=O)O. The molecule has 6 nitrogen and oxygen atoms in total. The van der Waals surface area contributed by atoms with Gasteiger partial charge in [0.05, 0.1) is 16.9 Å². The zero-order chi connectivity index (χ0) is 10.7. The lowest BCUT2D eigenvalue weighted by Gasteiger charge is -2.08. The molecule has 0 heterocycles. The molecule has 0 aliphatic heterocycles. The molecule has 0 atom stereocenters. The number of aromatic carboxylic acids is 1. The number of anilines is 2. The van der Waals surface area contributed by atoms with Crippen LogP contribution in [0.25, 0.3) is 0 Å². The fourth-order valence-electron chi connectivity index (χ4n) is 1.01. The second-order valence-corrected chi connectivity index (χ2v) is 2.56. The average Bonchev–Trinajstić information content (AvgIpc) is 2.07. The number of carboxylic acids is 1. The minimum absolute atomic E-state index is 0.0208. The zero-order valence-corrected chi connectivity index (χ0v) is 7.15. The average molecular weight is 195 g/mol. The van der Waals surface area contributed by atoms with Gasteiger partial charge in [0.2, 0.25) is 0 Å². The van der Waals surface area contributed by atoms with Crippen molar-refractivity contribution in [3.8, 4) is 0 Å². The Morgan fingerprint density at radius 1 is 1.36 bits per heavy atom. The number of nitrogens with two attached hydrogens (primary N) is 2.